The maximum Gasteiger partial charge on any atom is 0.223 e. The number of allylic oxidation sites excluding steroid dienone is 2. The Labute approximate surface area is 187 Å². The molecule has 7 nitrogen and oxygen atoms in total. The van der Waals surface area contributed by atoms with Crippen molar-refractivity contribution in [3.8, 4) is 0 Å². The van der Waals surface area contributed by atoms with Crippen LogP contribution in [0.15, 0.2) is 65.8 Å². The minimum Gasteiger partial charge on any atom is -0.359 e. The van der Waals surface area contributed by atoms with Gasteiger partial charge in [-0.1, -0.05) is 18.2 Å². The predicted octanol–water partition coefficient (Wildman–Crippen LogP) is 3.25. The number of nitrogens with one attached hydrogen (secondary N) is 2. The first-order valence-electron chi connectivity index (χ1n) is 11.6. The predicted molar refractivity (Wildman–Crippen MR) is 125 cm³/mol. The Hall–Kier alpha value is -3.35. The first-order valence-corrected chi connectivity index (χ1v) is 11.6. The van der Waals surface area contributed by atoms with Crippen LogP contribution in [0.5, 0.6) is 0 Å². The molecule has 0 bridgehead atoms. The van der Waals surface area contributed by atoms with E-state index in [1.807, 2.05) is 24.5 Å². The summed E-state index contributed by atoms with van der Waals surface area (Å²) in [6, 6.07) is 4.20. The molecule has 2 fully saturated rings. The Morgan fingerprint density at radius 1 is 1.19 bits per heavy atom. The summed E-state index contributed by atoms with van der Waals surface area (Å²) in [6.07, 6.45) is 18.7. The van der Waals surface area contributed by atoms with E-state index >= 15 is 0 Å². The summed E-state index contributed by atoms with van der Waals surface area (Å²) in [5, 5.41) is 4.73. The molecule has 0 aromatic carbocycles. The van der Waals surface area contributed by atoms with E-state index < -0.39 is 0 Å². The Balaban J connectivity index is 1.21. The minimum absolute atomic E-state index is 0.0607. The number of carbonyl (C=O) groups excluding carboxylic acids is 1. The van der Waals surface area contributed by atoms with E-state index in [2.05, 4.69) is 54.4 Å². The summed E-state index contributed by atoms with van der Waals surface area (Å²) in [5.74, 6) is 1.37. The number of H-pyrrole nitrogens is 1. The standard InChI is InChI=1S/C25H28N6O/c32-23-8-3-9-25(31(23)17-18-15-28-24-19(18)5-4-12-26-24)10-13-30(14-11-25)22-16-27-20-6-1-2-7-21(20)29-22/h1-2,4-7,12,15-16,21,29H,3,8-11,13-14,17H2,(H,26,28). The van der Waals surface area contributed by atoms with E-state index in [4.69, 9.17) is 0 Å². The number of rotatable bonds is 3. The molecule has 1 amide bonds. The zero-order valence-corrected chi connectivity index (χ0v) is 18.1. The molecule has 1 aliphatic carbocycles. The molecule has 0 radical (unpaired) electrons. The second-order valence-electron chi connectivity index (χ2n) is 9.19. The van der Waals surface area contributed by atoms with Crippen molar-refractivity contribution < 1.29 is 4.79 Å². The van der Waals surface area contributed by atoms with Crippen LogP contribution in [0, 0.1) is 0 Å². The lowest BCUT2D eigenvalue weighted by molar-refractivity contribution is -0.146. The first kappa shape index (κ1) is 19.3. The third-order valence-corrected chi connectivity index (χ3v) is 7.45. The van der Waals surface area contributed by atoms with Crippen molar-refractivity contribution in [3.63, 3.8) is 0 Å². The van der Waals surface area contributed by atoms with Gasteiger partial charge in [-0.15, -0.1) is 0 Å². The molecule has 0 saturated carbocycles. The van der Waals surface area contributed by atoms with Crippen LogP contribution >= 0.6 is 0 Å². The maximum atomic E-state index is 13.1. The van der Waals surface area contributed by atoms with Crippen molar-refractivity contribution in [2.24, 2.45) is 4.99 Å². The molecule has 4 aliphatic rings. The van der Waals surface area contributed by atoms with E-state index in [-0.39, 0.29) is 17.5 Å². The number of likely N-dealkylation sites (tertiary alicyclic amines) is 2. The summed E-state index contributed by atoms with van der Waals surface area (Å²) in [7, 11) is 0. The number of hydrogen-bond donors (Lipinski definition) is 2. The summed E-state index contributed by atoms with van der Waals surface area (Å²) >= 11 is 0. The average molecular weight is 429 g/mol. The lowest BCUT2D eigenvalue weighted by Gasteiger charge is -2.52. The lowest BCUT2D eigenvalue weighted by Crippen LogP contribution is -2.59. The molecule has 1 unspecified atom stereocenters. The minimum atomic E-state index is -0.0607. The Morgan fingerprint density at radius 3 is 3.00 bits per heavy atom. The van der Waals surface area contributed by atoms with Gasteiger partial charge in [0.05, 0.1) is 18.0 Å². The van der Waals surface area contributed by atoms with Crippen molar-refractivity contribution in [2.75, 3.05) is 13.1 Å². The van der Waals surface area contributed by atoms with Crippen molar-refractivity contribution in [1.82, 2.24) is 25.1 Å². The van der Waals surface area contributed by atoms with Crippen molar-refractivity contribution in [3.05, 3.63) is 66.4 Å². The van der Waals surface area contributed by atoms with Gasteiger partial charge < -0.3 is 20.1 Å². The van der Waals surface area contributed by atoms with E-state index in [9.17, 15) is 4.79 Å². The van der Waals surface area contributed by atoms with Gasteiger partial charge in [0, 0.05) is 49.4 Å². The summed E-state index contributed by atoms with van der Waals surface area (Å²) in [5.41, 5.74) is 3.04. The second-order valence-corrected chi connectivity index (χ2v) is 9.19. The van der Waals surface area contributed by atoms with Crippen LogP contribution in [-0.2, 0) is 11.3 Å². The smallest absolute Gasteiger partial charge is 0.223 e. The van der Waals surface area contributed by atoms with Gasteiger partial charge in [-0.05, 0) is 49.5 Å². The van der Waals surface area contributed by atoms with Gasteiger partial charge in [0.25, 0.3) is 0 Å². The molecule has 5 heterocycles. The fourth-order valence-corrected chi connectivity index (χ4v) is 5.64. The highest BCUT2D eigenvalue weighted by molar-refractivity contribution is 6.02. The number of hydrogen-bond acceptors (Lipinski definition) is 5. The Bertz CT molecular complexity index is 1160. The number of carbonyl (C=O) groups is 1. The molecule has 6 rings (SSSR count). The SMILES string of the molecule is O=C1CCCC2(CCN(C3=CN=C4C=CC=CC4N3)CC2)N1Cc1c[nH]c2ncccc12. The van der Waals surface area contributed by atoms with Gasteiger partial charge in [-0.3, -0.25) is 9.79 Å². The van der Waals surface area contributed by atoms with Gasteiger partial charge in [-0.25, -0.2) is 4.98 Å². The highest BCUT2D eigenvalue weighted by Crippen LogP contribution is 2.40. The van der Waals surface area contributed by atoms with Gasteiger partial charge >= 0.3 is 0 Å². The maximum absolute atomic E-state index is 13.1. The largest absolute Gasteiger partial charge is 0.359 e. The number of nitrogens with zero attached hydrogens (tertiary/aromatic N) is 4. The molecular formula is C25H28N6O. The molecule has 2 N–H and O–H groups in total. The molecule has 7 heteroatoms. The quantitative estimate of drug-likeness (QED) is 0.787. The molecular weight excluding hydrogens is 400 g/mol. The lowest BCUT2D eigenvalue weighted by atomic mass is 9.78. The van der Waals surface area contributed by atoms with Gasteiger partial charge in [0.2, 0.25) is 5.91 Å². The monoisotopic (exact) mass is 428 g/mol. The fraction of sp³-hybridized carbons (Fsp3) is 0.400. The summed E-state index contributed by atoms with van der Waals surface area (Å²) in [4.78, 5) is 30.0. The average Bonchev–Trinajstić information content (AvgIpc) is 3.25. The van der Waals surface area contributed by atoms with Gasteiger partial charge in [0.15, 0.2) is 0 Å². The second kappa shape index (κ2) is 7.65. The zero-order chi connectivity index (χ0) is 21.5. The number of pyridine rings is 1. The molecule has 32 heavy (non-hydrogen) atoms. The number of piperidine rings is 2. The van der Waals surface area contributed by atoms with Crippen LogP contribution in [-0.4, -0.2) is 56.1 Å². The van der Waals surface area contributed by atoms with Crippen molar-refractivity contribution in [2.45, 2.75) is 50.2 Å². The van der Waals surface area contributed by atoms with Crippen LogP contribution in [0.4, 0.5) is 0 Å². The zero-order valence-electron chi connectivity index (χ0n) is 18.1. The van der Waals surface area contributed by atoms with Crippen molar-refractivity contribution in [1.29, 1.82) is 0 Å². The van der Waals surface area contributed by atoms with E-state index in [1.165, 1.54) is 0 Å². The number of aliphatic imine (C=N–C) groups is 1. The van der Waals surface area contributed by atoms with E-state index in [1.54, 1.807) is 6.20 Å². The number of aromatic amines is 1. The van der Waals surface area contributed by atoms with E-state index in [0.717, 1.165) is 66.9 Å². The van der Waals surface area contributed by atoms with Crippen molar-refractivity contribution >= 4 is 22.7 Å². The third-order valence-electron chi connectivity index (χ3n) is 7.45. The van der Waals surface area contributed by atoms with E-state index in [0.29, 0.717) is 13.0 Å². The first-order chi connectivity index (χ1) is 15.7. The molecule has 1 atom stereocenters. The number of amides is 1. The molecule has 2 saturated heterocycles. The van der Waals surface area contributed by atoms with Crippen LogP contribution in [0.3, 0.4) is 0 Å². The summed E-state index contributed by atoms with van der Waals surface area (Å²) < 4.78 is 0. The third kappa shape index (κ3) is 3.23. The topological polar surface area (TPSA) is 76.6 Å². The highest BCUT2D eigenvalue weighted by Gasteiger charge is 2.45. The molecule has 2 aromatic heterocycles. The van der Waals surface area contributed by atoms with Crippen LogP contribution in [0.25, 0.3) is 11.0 Å². The Kier molecular flexibility index (Phi) is 4.63. The van der Waals surface area contributed by atoms with Crippen LogP contribution < -0.4 is 5.32 Å². The molecule has 164 valence electrons. The van der Waals surface area contributed by atoms with Crippen LogP contribution in [0.2, 0.25) is 0 Å². The number of aromatic nitrogens is 2. The summed E-state index contributed by atoms with van der Waals surface area (Å²) in [6.45, 7) is 2.50. The molecule has 1 spiro atoms. The Morgan fingerprint density at radius 2 is 2.09 bits per heavy atom. The van der Waals surface area contributed by atoms with Gasteiger partial charge in [0.1, 0.15) is 11.5 Å². The van der Waals surface area contributed by atoms with Crippen LogP contribution in [0.1, 0.15) is 37.7 Å². The highest BCUT2D eigenvalue weighted by atomic mass is 16.2. The normalized spacial score (nSPS) is 24.4. The fourth-order valence-electron chi connectivity index (χ4n) is 5.64. The number of fused-ring (bicyclic) bond motifs is 2. The molecule has 3 aliphatic heterocycles. The molecule has 2 aromatic rings. The van der Waals surface area contributed by atoms with Gasteiger partial charge in [-0.2, -0.15) is 0 Å².